The van der Waals surface area contributed by atoms with Crippen LogP contribution in [0.25, 0.3) is 0 Å². The molecule has 228 valence electrons. The SMILES string of the molecule is [2H]C([2H])([2H])c1cccc(F)c1C(=O)N1CCC[C@H](C(=O)Nc2ccc(C([2H])([2H])O)c(C(F)(F)F)c2)[C@@H]1c1ccc(NC2CCCC2)cc1. The molecule has 3 aromatic carbocycles. The minimum atomic E-state index is -5.06. The first kappa shape index (κ1) is 24.5. The summed E-state index contributed by atoms with van der Waals surface area (Å²) < 4.78 is 95.2. The highest BCUT2D eigenvalue weighted by Gasteiger charge is 2.41. The Morgan fingerprint density at radius 3 is 2.42 bits per heavy atom. The monoisotopic (exact) mass is 602 g/mol. The van der Waals surface area contributed by atoms with E-state index >= 15 is 4.39 Å². The zero-order valence-electron chi connectivity index (χ0n) is 28.2. The van der Waals surface area contributed by atoms with Crippen molar-refractivity contribution in [3.8, 4) is 0 Å². The summed E-state index contributed by atoms with van der Waals surface area (Å²) in [7, 11) is 0. The Kier molecular flexibility index (Phi) is 7.27. The molecule has 0 radical (unpaired) electrons. The first-order chi connectivity index (χ1) is 22.4. The van der Waals surface area contributed by atoms with Crippen LogP contribution in [0.2, 0.25) is 0 Å². The van der Waals surface area contributed by atoms with Crippen molar-refractivity contribution in [2.45, 2.75) is 70.2 Å². The van der Waals surface area contributed by atoms with Crippen molar-refractivity contribution in [1.29, 1.82) is 0 Å². The van der Waals surface area contributed by atoms with Gasteiger partial charge in [0.15, 0.2) is 0 Å². The van der Waals surface area contributed by atoms with E-state index in [0.717, 1.165) is 55.6 Å². The lowest BCUT2D eigenvalue weighted by atomic mass is 9.83. The molecule has 2 atom stereocenters. The summed E-state index contributed by atoms with van der Waals surface area (Å²) in [4.78, 5) is 29.2. The van der Waals surface area contributed by atoms with Gasteiger partial charge in [0.1, 0.15) is 5.82 Å². The molecule has 1 aliphatic carbocycles. The molecule has 1 aliphatic heterocycles. The van der Waals surface area contributed by atoms with Crippen molar-refractivity contribution < 1.29 is 39.1 Å². The number of nitrogens with one attached hydrogen (secondary N) is 2. The minimum absolute atomic E-state index is 0.0443. The molecule has 0 unspecified atom stereocenters. The molecular formula is C33H35F4N3O3. The van der Waals surface area contributed by atoms with Crippen LogP contribution in [-0.2, 0) is 17.5 Å². The topological polar surface area (TPSA) is 81.7 Å². The van der Waals surface area contributed by atoms with Crippen molar-refractivity contribution >= 4 is 23.2 Å². The Bertz CT molecular complexity index is 1660. The number of halogens is 4. The second-order valence-corrected chi connectivity index (χ2v) is 11.0. The van der Waals surface area contributed by atoms with Gasteiger partial charge in [-0.2, -0.15) is 13.2 Å². The molecule has 2 aliphatic rings. The first-order valence-electron chi connectivity index (χ1n) is 16.7. The Morgan fingerprint density at radius 2 is 1.74 bits per heavy atom. The van der Waals surface area contributed by atoms with E-state index in [1.807, 2.05) is 0 Å². The molecule has 0 aromatic heterocycles. The van der Waals surface area contributed by atoms with Gasteiger partial charge in [0.05, 0.1) is 32.4 Å². The number of piperidine rings is 1. The lowest BCUT2D eigenvalue weighted by Crippen LogP contribution is -2.46. The molecule has 2 fully saturated rings. The summed E-state index contributed by atoms with van der Waals surface area (Å²) in [5.41, 5.74) is -2.68. The summed E-state index contributed by atoms with van der Waals surface area (Å²) in [5, 5.41) is 15.6. The van der Waals surface area contributed by atoms with E-state index in [0.29, 0.717) is 17.7 Å². The summed E-state index contributed by atoms with van der Waals surface area (Å²) >= 11 is 0. The normalized spacial score (nSPS) is 21.7. The molecule has 6 nitrogen and oxygen atoms in total. The summed E-state index contributed by atoms with van der Waals surface area (Å²) in [6.45, 7) is -6.08. The van der Waals surface area contributed by atoms with Gasteiger partial charge in [0, 0.05) is 28.1 Å². The Hall–Kier alpha value is -3.92. The van der Waals surface area contributed by atoms with Gasteiger partial charge in [0.25, 0.3) is 5.91 Å². The molecule has 1 heterocycles. The zero-order chi connectivity index (χ0) is 35.0. The highest BCUT2D eigenvalue weighted by atomic mass is 19.4. The van der Waals surface area contributed by atoms with Crippen molar-refractivity contribution in [3.63, 3.8) is 0 Å². The van der Waals surface area contributed by atoms with E-state index in [1.165, 1.54) is 11.0 Å². The van der Waals surface area contributed by atoms with Gasteiger partial charge in [-0.25, -0.2) is 4.39 Å². The molecule has 2 amide bonds. The van der Waals surface area contributed by atoms with Crippen molar-refractivity contribution in [1.82, 2.24) is 4.90 Å². The van der Waals surface area contributed by atoms with Gasteiger partial charge in [-0.05, 0) is 79.6 Å². The predicted molar refractivity (Wildman–Crippen MR) is 156 cm³/mol. The van der Waals surface area contributed by atoms with Gasteiger partial charge in [-0.1, -0.05) is 43.2 Å². The van der Waals surface area contributed by atoms with E-state index in [2.05, 4.69) is 10.6 Å². The maximum Gasteiger partial charge on any atom is 0.416 e. The third-order valence-corrected chi connectivity index (χ3v) is 8.15. The average molecular weight is 603 g/mol. The van der Waals surface area contributed by atoms with Crippen LogP contribution in [-0.4, -0.2) is 34.4 Å². The highest BCUT2D eigenvalue weighted by Crippen LogP contribution is 2.40. The summed E-state index contributed by atoms with van der Waals surface area (Å²) in [5.74, 6) is -3.80. The molecule has 1 saturated heterocycles. The van der Waals surface area contributed by atoms with Gasteiger partial charge in [0.2, 0.25) is 5.91 Å². The van der Waals surface area contributed by atoms with Gasteiger partial charge < -0.3 is 20.6 Å². The van der Waals surface area contributed by atoms with Crippen LogP contribution in [0.5, 0.6) is 0 Å². The fraction of sp³-hybridized carbons (Fsp3) is 0.394. The largest absolute Gasteiger partial charge is 0.416 e. The fourth-order valence-corrected chi connectivity index (χ4v) is 6.07. The molecule has 0 bridgehead atoms. The van der Waals surface area contributed by atoms with E-state index in [4.69, 9.17) is 6.85 Å². The number of carbonyl (C=O) groups is 2. The van der Waals surface area contributed by atoms with Crippen LogP contribution in [0.1, 0.15) is 84.0 Å². The highest BCUT2D eigenvalue weighted by molar-refractivity contribution is 5.98. The smallest absolute Gasteiger partial charge is 0.392 e. The lowest BCUT2D eigenvalue weighted by molar-refractivity contribution is -0.138. The summed E-state index contributed by atoms with van der Waals surface area (Å²) in [6, 6.07) is 11.8. The number of rotatable bonds is 7. The Labute approximate surface area is 255 Å². The van der Waals surface area contributed by atoms with Gasteiger partial charge in [-0.3, -0.25) is 9.59 Å². The maximum absolute atomic E-state index is 15.2. The van der Waals surface area contributed by atoms with Crippen molar-refractivity contribution in [2.75, 3.05) is 17.2 Å². The number of carbonyl (C=O) groups excluding carboxylic acids is 2. The van der Waals surface area contributed by atoms with Crippen LogP contribution < -0.4 is 10.6 Å². The lowest BCUT2D eigenvalue weighted by Gasteiger charge is -2.41. The second kappa shape index (κ2) is 12.8. The van der Waals surface area contributed by atoms with E-state index in [1.54, 1.807) is 24.3 Å². The van der Waals surface area contributed by atoms with Gasteiger partial charge >= 0.3 is 6.18 Å². The number of likely N-dealkylation sites (tertiary alicyclic amines) is 1. The number of aliphatic hydroxyl groups is 1. The molecule has 43 heavy (non-hydrogen) atoms. The van der Waals surface area contributed by atoms with Crippen LogP contribution in [0, 0.1) is 18.6 Å². The molecule has 5 rings (SSSR count). The first-order valence-corrected chi connectivity index (χ1v) is 14.2. The Morgan fingerprint density at radius 1 is 1.02 bits per heavy atom. The summed E-state index contributed by atoms with van der Waals surface area (Å²) in [6.07, 6.45) is -0.365. The van der Waals surface area contributed by atoms with E-state index in [9.17, 15) is 27.9 Å². The number of alkyl halides is 3. The third kappa shape index (κ3) is 6.69. The van der Waals surface area contributed by atoms with Crippen molar-refractivity contribution in [3.05, 3.63) is 94.3 Å². The second-order valence-electron chi connectivity index (χ2n) is 11.0. The van der Waals surface area contributed by atoms with E-state index in [-0.39, 0.29) is 25.1 Å². The quantitative estimate of drug-likeness (QED) is 0.249. The number of amides is 2. The van der Waals surface area contributed by atoms with Crippen LogP contribution >= 0.6 is 0 Å². The average Bonchev–Trinajstić information content (AvgIpc) is 3.52. The molecule has 3 N–H and O–H groups in total. The van der Waals surface area contributed by atoms with Crippen LogP contribution in [0.15, 0.2) is 60.7 Å². The zero-order valence-corrected chi connectivity index (χ0v) is 23.2. The third-order valence-electron chi connectivity index (χ3n) is 8.15. The fourth-order valence-electron chi connectivity index (χ4n) is 6.07. The number of hydrogen-bond donors (Lipinski definition) is 3. The number of nitrogens with zero attached hydrogens (tertiary/aromatic N) is 1. The number of benzene rings is 3. The van der Waals surface area contributed by atoms with Crippen LogP contribution in [0.4, 0.5) is 28.9 Å². The standard InChI is InChI=1S/C33H35F4N3O3/c1-20-6-4-10-28(34)29(20)32(43)40-17-5-9-26(30(40)21-11-14-24(15-12-21)38-23-7-2-3-8-23)31(42)39-25-16-13-22(19-41)27(18-25)33(35,36)37/h4,6,10-16,18,23,26,30,38,41H,2-3,5,7-9,17,19H2,1H3,(H,39,42)/t26-,30-/m0/s1/i1D3,19D2. The Balaban J connectivity index is 1.53. The maximum atomic E-state index is 15.2. The molecular weight excluding hydrogens is 562 g/mol. The van der Waals surface area contributed by atoms with E-state index < -0.39 is 71.4 Å². The van der Waals surface area contributed by atoms with Crippen LogP contribution in [0.3, 0.4) is 0 Å². The number of anilines is 2. The molecule has 1 saturated carbocycles. The molecule has 3 aromatic rings. The van der Waals surface area contributed by atoms with Crippen molar-refractivity contribution in [2.24, 2.45) is 5.92 Å². The molecule has 10 heteroatoms. The predicted octanol–water partition coefficient (Wildman–Crippen LogP) is 7.23. The molecule has 0 spiro atoms. The van der Waals surface area contributed by atoms with Gasteiger partial charge in [-0.15, -0.1) is 0 Å². The number of hydrogen-bond acceptors (Lipinski definition) is 4. The number of aryl methyl sites for hydroxylation is 1. The minimum Gasteiger partial charge on any atom is -0.392 e.